The van der Waals surface area contributed by atoms with Crippen LogP contribution in [-0.2, 0) is 0 Å². The molecule has 0 aliphatic heterocycles. The highest BCUT2D eigenvalue weighted by molar-refractivity contribution is 7.99. The van der Waals surface area contributed by atoms with Crippen molar-refractivity contribution in [3.8, 4) is 0 Å². The van der Waals surface area contributed by atoms with Gasteiger partial charge in [0, 0.05) is 15.0 Å². The van der Waals surface area contributed by atoms with E-state index in [2.05, 4.69) is 36.4 Å². The summed E-state index contributed by atoms with van der Waals surface area (Å²) in [6.45, 7) is 3.82. The Morgan fingerprint density at radius 1 is 1.38 bits per heavy atom. The van der Waals surface area contributed by atoms with Gasteiger partial charge < -0.3 is 0 Å². The van der Waals surface area contributed by atoms with Crippen LogP contribution in [0.2, 0.25) is 0 Å². The van der Waals surface area contributed by atoms with E-state index >= 15 is 0 Å². The molecule has 0 aliphatic carbocycles. The Bertz CT molecular complexity index is 440. The summed E-state index contributed by atoms with van der Waals surface area (Å²) < 4.78 is 1.36. The van der Waals surface area contributed by atoms with Crippen LogP contribution >= 0.6 is 23.1 Å². The van der Waals surface area contributed by atoms with Gasteiger partial charge in [-0.15, -0.1) is 23.1 Å². The van der Waals surface area contributed by atoms with Crippen LogP contribution in [0.15, 0.2) is 35.1 Å². The minimum Gasteiger partial charge on any atom is -0.144 e. The standard InChI is InChI=1S/C11H10S2/c1-3-8-4-5-10-9(6-7-13-10)11(8)12-2/h3-7H,1H2,2H3. The molecule has 13 heavy (non-hydrogen) atoms. The maximum absolute atomic E-state index is 3.82. The molecule has 2 rings (SSSR count). The zero-order valence-electron chi connectivity index (χ0n) is 7.41. The molecule has 66 valence electrons. The number of hydrogen-bond acceptors (Lipinski definition) is 2. The highest BCUT2D eigenvalue weighted by Crippen LogP contribution is 2.33. The van der Waals surface area contributed by atoms with Crippen LogP contribution in [0.3, 0.4) is 0 Å². The smallest absolute Gasteiger partial charge is 0.0354 e. The highest BCUT2D eigenvalue weighted by Gasteiger charge is 2.04. The van der Waals surface area contributed by atoms with Crippen LogP contribution < -0.4 is 0 Å². The Labute approximate surface area is 86.3 Å². The van der Waals surface area contributed by atoms with E-state index in [0.717, 1.165) is 0 Å². The van der Waals surface area contributed by atoms with Crippen molar-refractivity contribution in [2.24, 2.45) is 0 Å². The van der Waals surface area contributed by atoms with Gasteiger partial charge in [0.1, 0.15) is 0 Å². The number of fused-ring (bicyclic) bond motifs is 1. The molecule has 0 amide bonds. The maximum Gasteiger partial charge on any atom is 0.0354 e. The van der Waals surface area contributed by atoms with E-state index in [-0.39, 0.29) is 0 Å². The fourth-order valence-corrected chi connectivity index (χ4v) is 3.07. The molecule has 0 nitrogen and oxygen atoms in total. The molecule has 0 unspecified atom stereocenters. The Kier molecular flexibility index (Phi) is 2.42. The summed E-state index contributed by atoms with van der Waals surface area (Å²) in [6.07, 6.45) is 4.03. The zero-order valence-corrected chi connectivity index (χ0v) is 9.04. The van der Waals surface area contributed by atoms with Gasteiger partial charge >= 0.3 is 0 Å². The fraction of sp³-hybridized carbons (Fsp3) is 0.0909. The molecule has 1 aromatic heterocycles. The van der Waals surface area contributed by atoms with E-state index < -0.39 is 0 Å². The first-order chi connectivity index (χ1) is 6.36. The van der Waals surface area contributed by atoms with E-state index in [1.165, 1.54) is 20.5 Å². The lowest BCUT2D eigenvalue weighted by Gasteiger charge is -2.03. The van der Waals surface area contributed by atoms with Crippen LogP contribution in [0.5, 0.6) is 0 Å². The zero-order chi connectivity index (χ0) is 9.26. The summed E-state index contributed by atoms with van der Waals surface area (Å²) in [5.74, 6) is 0. The summed E-state index contributed by atoms with van der Waals surface area (Å²) >= 11 is 3.58. The summed E-state index contributed by atoms with van der Waals surface area (Å²) in [4.78, 5) is 1.34. The third-order valence-corrected chi connectivity index (χ3v) is 3.79. The van der Waals surface area contributed by atoms with Gasteiger partial charge in [0.2, 0.25) is 0 Å². The van der Waals surface area contributed by atoms with Crippen molar-refractivity contribution in [2.75, 3.05) is 6.26 Å². The van der Waals surface area contributed by atoms with Gasteiger partial charge in [0.05, 0.1) is 0 Å². The van der Waals surface area contributed by atoms with Crippen molar-refractivity contribution in [3.63, 3.8) is 0 Å². The Balaban J connectivity index is 2.81. The summed E-state index contributed by atoms with van der Waals surface area (Å²) in [5.41, 5.74) is 1.23. The second kappa shape index (κ2) is 3.56. The maximum atomic E-state index is 3.82. The van der Waals surface area contributed by atoms with Crippen molar-refractivity contribution >= 4 is 39.3 Å². The Morgan fingerprint density at radius 3 is 2.92 bits per heavy atom. The second-order valence-corrected chi connectivity index (χ2v) is 4.49. The first-order valence-electron chi connectivity index (χ1n) is 4.03. The van der Waals surface area contributed by atoms with Crippen molar-refractivity contribution in [1.29, 1.82) is 0 Å². The number of thioether (sulfide) groups is 1. The molecule has 1 aromatic carbocycles. The van der Waals surface area contributed by atoms with Crippen LogP contribution in [-0.4, -0.2) is 6.26 Å². The first-order valence-corrected chi connectivity index (χ1v) is 6.14. The van der Waals surface area contributed by atoms with E-state index in [4.69, 9.17) is 0 Å². The lowest BCUT2D eigenvalue weighted by Crippen LogP contribution is -1.78. The van der Waals surface area contributed by atoms with Crippen LogP contribution in [0.1, 0.15) is 5.56 Å². The lowest BCUT2D eigenvalue weighted by atomic mass is 10.1. The molecule has 0 radical (unpaired) electrons. The molecule has 0 atom stereocenters. The largest absolute Gasteiger partial charge is 0.144 e. The van der Waals surface area contributed by atoms with Crippen LogP contribution in [0, 0.1) is 0 Å². The molecule has 1 heterocycles. The van der Waals surface area contributed by atoms with Gasteiger partial charge in [-0.3, -0.25) is 0 Å². The van der Waals surface area contributed by atoms with Crippen molar-refractivity contribution < 1.29 is 0 Å². The third-order valence-electron chi connectivity index (χ3n) is 2.04. The average molecular weight is 206 g/mol. The minimum absolute atomic E-state index is 1.23. The molecule has 2 aromatic rings. The quantitative estimate of drug-likeness (QED) is 0.661. The van der Waals surface area contributed by atoms with Gasteiger partial charge in [-0.05, 0) is 29.3 Å². The van der Waals surface area contributed by atoms with Gasteiger partial charge in [0.15, 0.2) is 0 Å². The molecule has 0 fully saturated rings. The molecular weight excluding hydrogens is 196 g/mol. The Hall–Kier alpha value is -0.730. The molecule has 0 saturated carbocycles. The SMILES string of the molecule is C=Cc1ccc2sccc2c1SC. The number of benzene rings is 1. The van der Waals surface area contributed by atoms with Crippen LogP contribution in [0.4, 0.5) is 0 Å². The molecule has 0 spiro atoms. The first kappa shape index (κ1) is 8.85. The van der Waals surface area contributed by atoms with Crippen LogP contribution in [0.25, 0.3) is 16.2 Å². The second-order valence-electron chi connectivity index (χ2n) is 2.72. The van der Waals surface area contributed by atoms with Crippen molar-refractivity contribution in [1.82, 2.24) is 0 Å². The molecule has 0 aliphatic rings. The number of rotatable bonds is 2. The molecular formula is C11H10S2. The van der Waals surface area contributed by atoms with Gasteiger partial charge in [-0.25, -0.2) is 0 Å². The van der Waals surface area contributed by atoms with Crippen molar-refractivity contribution in [3.05, 3.63) is 35.7 Å². The predicted molar refractivity (Wildman–Crippen MR) is 63.7 cm³/mol. The normalized spacial score (nSPS) is 10.5. The van der Waals surface area contributed by atoms with Gasteiger partial charge in [-0.2, -0.15) is 0 Å². The minimum atomic E-state index is 1.23. The highest BCUT2D eigenvalue weighted by atomic mass is 32.2. The lowest BCUT2D eigenvalue weighted by molar-refractivity contribution is 1.52. The van der Waals surface area contributed by atoms with E-state index in [9.17, 15) is 0 Å². The molecule has 0 bridgehead atoms. The van der Waals surface area contributed by atoms with Gasteiger partial charge in [-0.1, -0.05) is 18.7 Å². The topological polar surface area (TPSA) is 0 Å². The summed E-state index contributed by atoms with van der Waals surface area (Å²) in [6, 6.07) is 6.48. The number of hydrogen-bond donors (Lipinski definition) is 0. The average Bonchev–Trinajstić information content (AvgIpc) is 2.63. The van der Waals surface area contributed by atoms with Gasteiger partial charge in [0.25, 0.3) is 0 Å². The van der Waals surface area contributed by atoms with E-state index in [1.54, 1.807) is 23.1 Å². The third kappa shape index (κ3) is 1.40. The van der Waals surface area contributed by atoms with Crippen molar-refractivity contribution in [2.45, 2.75) is 4.90 Å². The molecule has 0 saturated heterocycles. The summed E-state index contributed by atoms with van der Waals surface area (Å²) in [7, 11) is 0. The monoisotopic (exact) mass is 206 g/mol. The predicted octanol–water partition coefficient (Wildman–Crippen LogP) is 4.27. The fourth-order valence-electron chi connectivity index (χ4n) is 1.42. The molecule has 2 heteroatoms. The number of thiophene rings is 1. The van der Waals surface area contributed by atoms with E-state index in [1.807, 2.05) is 6.08 Å². The molecule has 0 N–H and O–H groups in total. The van der Waals surface area contributed by atoms with E-state index in [0.29, 0.717) is 0 Å². The summed E-state index contributed by atoms with van der Waals surface area (Å²) in [5, 5.41) is 3.49. The Morgan fingerprint density at radius 2 is 2.23 bits per heavy atom.